The topological polar surface area (TPSA) is 98.9 Å². The Balaban J connectivity index is 2.25. The van der Waals surface area contributed by atoms with Crippen molar-refractivity contribution in [3.8, 4) is 0 Å². The van der Waals surface area contributed by atoms with Gasteiger partial charge in [-0.1, -0.05) is 13.8 Å². The van der Waals surface area contributed by atoms with Crippen molar-refractivity contribution in [2.45, 2.75) is 32.5 Å². The summed E-state index contributed by atoms with van der Waals surface area (Å²) in [5.74, 6) is -2.08. The second-order valence-electron chi connectivity index (χ2n) is 6.05. The molecule has 0 aliphatic carbocycles. The van der Waals surface area contributed by atoms with Crippen molar-refractivity contribution in [1.82, 2.24) is 0 Å². The number of hydrogen-bond donors (Lipinski definition) is 1. The van der Waals surface area contributed by atoms with Crippen molar-refractivity contribution < 1.29 is 28.3 Å². The fourth-order valence-electron chi connectivity index (χ4n) is 2.14. The van der Waals surface area contributed by atoms with E-state index < -0.39 is 24.8 Å². The van der Waals surface area contributed by atoms with Crippen molar-refractivity contribution in [3.63, 3.8) is 0 Å². The number of carboxylic acid groups (broad SMARTS) is 1. The molecule has 8 heteroatoms. The molecule has 1 N–H and O–H groups in total. The van der Waals surface area contributed by atoms with Crippen LogP contribution in [-0.2, 0) is 18.4 Å². The van der Waals surface area contributed by atoms with Gasteiger partial charge in [0.05, 0.1) is 13.2 Å². The number of nitrogens with zero attached hydrogens (tertiary/aromatic N) is 1. The van der Waals surface area contributed by atoms with Gasteiger partial charge in [0, 0.05) is 18.8 Å². The van der Waals surface area contributed by atoms with Crippen LogP contribution in [0.2, 0.25) is 0 Å². The lowest BCUT2D eigenvalue weighted by atomic mass is 9.97. The average molecular weight is 291 g/mol. The van der Waals surface area contributed by atoms with Gasteiger partial charge in [-0.15, -0.1) is 0 Å². The number of hydrogen-bond acceptors (Lipinski definition) is 5. The molecule has 1 fully saturated rings. The van der Waals surface area contributed by atoms with Crippen LogP contribution in [0.3, 0.4) is 0 Å². The zero-order valence-electron chi connectivity index (χ0n) is 11.2. The summed E-state index contributed by atoms with van der Waals surface area (Å²) < 4.78 is 23.8. The van der Waals surface area contributed by atoms with Gasteiger partial charge in [0.15, 0.2) is 6.21 Å². The molecule has 7 nitrogen and oxygen atoms in total. The fourth-order valence-corrected chi connectivity index (χ4v) is 4.54. The van der Waals surface area contributed by atoms with Crippen LogP contribution in [0.15, 0.2) is 0 Å². The number of rotatable bonds is 2. The summed E-state index contributed by atoms with van der Waals surface area (Å²) in [7, 11) is -3.67. The molecule has 0 bridgehead atoms. The maximum Gasteiger partial charge on any atom is 0.401 e. The van der Waals surface area contributed by atoms with E-state index in [-0.39, 0.29) is 25.0 Å². The Bertz CT molecular complexity index is 474. The molecule has 0 amide bonds. The van der Waals surface area contributed by atoms with Gasteiger partial charge < -0.3 is 19.4 Å². The molecule has 2 aliphatic heterocycles. The average Bonchev–Trinajstić information content (AvgIpc) is 2.62. The normalized spacial score (nSPS) is 36.8. The number of carbonyl (C=O) groups is 1. The lowest BCUT2D eigenvalue weighted by Gasteiger charge is -2.39. The molecule has 2 aliphatic rings. The summed E-state index contributed by atoms with van der Waals surface area (Å²) in [6.45, 7) is 5.65. The third kappa shape index (κ3) is 2.30. The van der Waals surface area contributed by atoms with E-state index in [9.17, 15) is 14.6 Å². The summed E-state index contributed by atoms with van der Waals surface area (Å²) in [5, 5.41) is 19.4. The van der Waals surface area contributed by atoms with Gasteiger partial charge in [-0.25, -0.2) is 0 Å². The second-order valence-corrected chi connectivity index (χ2v) is 8.52. The van der Waals surface area contributed by atoms with Gasteiger partial charge in [0.2, 0.25) is 0 Å². The molecule has 19 heavy (non-hydrogen) atoms. The van der Waals surface area contributed by atoms with Crippen LogP contribution in [0.4, 0.5) is 0 Å². The Labute approximate surface area is 111 Å². The molecule has 2 unspecified atom stereocenters. The Morgan fingerprint density at radius 1 is 1.42 bits per heavy atom. The monoisotopic (exact) mass is 291 g/mol. The largest absolute Gasteiger partial charge is 0.623 e. The van der Waals surface area contributed by atoms with Gasteiger partial charge in [0.1, 0.15) is 5.92 Å². The van der Waals surface area contributed by atoms with Gasteiger partial charge in [-0.2, -0.15) is 4.74 Å². The van der Waals surface area contributed by atoms with Crippen molar-refractivity contribution in [3.05, 3.63) is 5.21 Å². The van der Waals surface area contributed by atoms with Crippen LogP contribution in [0.1, 0.15) is 27.2 Å². The minimum absolute atomic E-state index is 0.0798. The second kappa shape index (κ2) is 4.30. The zero-order valence-corrected chi connectivity index (χ0v) is 12.1. The lowest BCUT2D eigenvalue weighted by molar-refractivity contribution is -0.507. The van der Waals surface area contributed by atoms with Gasteiger partial charge in [-0.05, 0) is 0 Å². The maximum absolute atomic E-state index is 12.7. The first kappa shape index (κ1) is 14.5. The summed E-state index contributed by atoms with van der Waals surface area (Å²) in [6.07, 6.45) is 0.942. The summed E-state index contributed by atoms with van der Waals surface area (Å²) in [6, 6.07) is 0. The fraction of sp³-hybridized carbons (Fsp3) is 0.818. The molecule has 2 heterocycles. The van der Waals surface area contributed by atoms with E-state index in [1.165, 1.54) is 6.92 Å². The van der Waals surface area contributed by atoms with E-state index in [4.69, 9.17) is 14.2 Å². The smallest absolute Gasteiger partial charge is 0.401 e. The predicted octanol–water partition coefficient (Wildman–Crippen LogP) is 1.65. The molecule has 2 atom stereocenters. The van der Waals surface area contributed by atoms with E-state index in [0.717, 1.165) is 6.21 Å². The van der Waals surface area contributed by atoms with E-state index >= 15 is 0 Å². The predicted molar refractivity (Wildman–Crippen MR) is 67.1 cm³/mol. The first-order valence-corrected chi connectivity index (χ1v) is 7.57. The third-order valence-corrected chi connectivity index (χ3v) is 6.05. The highest BCUT2D eigenvalue weighted by Crippen LogP contribution is 2.66. The van der Waals surface area contributed by atoms with E-state index in [1.54, 1.807) is 0 Å². The Morgan fingerprint density at radius 3 is 2.37 bits per heavy atom. The highest BCUT2D eigenvalue weighted by molar-refractivity contribution is 7.55. The van der Waals surface area contributed by atoms with Crippen molar-refractivity contribution in [1.29, 1.82) is 0 Å². The van der Waals surface area contributed by atoms with Crippen molar-refractivity contribution in [2.24, 2.45) is 11.3 Å². The van der Waals surface area contributed by atoms with Gasteiger partial charge >= 0.3 is 13.6 Å². The molecular formula is C11H18NO6P. The van der Waals surface area contributed by atoms with Crippen LogP contribution in [-0.4, -0.2) is 40.5 Å². The summed E-state index contributed by atoms with van der Waals surface area (Å²) in [5.41, 5.74) is -0.271. The Morgan fingerprint density at radius 2 is 1.95 bits per heavy atom. The highest BCUT2D eigenvalue weighted by atomic mass is 31.2. The number of aliphatic carboxylic acids is 1. The molecule has 0 aromatic carbocycles. The van der Waals surface area contributed by atoms with Crippen LogP contribution in [0, 0.1) is 16.5 Å². The SMILES string of the molecule is CC1(C)COP(=O)(C2(C)CC(C(=O)O)C=[N+]2[O-])OC1. The molecule has 0 saturated carbocycles. The van der Waals surface area contributed by atoms with Crippen molar-refractivity contribution >= 4 is 19.8 Å². The summed E-state index contributed by atoms with van der Waals surface area (Å²) in [4.78, 5) is 11.0. The first-order chi connectivity index (χ1) is 8.60. The molecule has 1 saturated heterocycles. The van der Waals surface area contributed by atoms with E-state index in [0.29, 0.717) is 4.74 Å². The molecule has 0 aromatic rings. The Kier molecular flexibility index (Phi) is 3.28. The molecule has 0 spiro atoms. The van der Waals surface area contributed by atoms with Crippen LogP contribution >= 0.6 is 7.60 Å². The zero-order chi connectivity index (χ0) is 14.5. The van der Waals surface area contributed by atoms with Crippen molar-refractivity contribution in [2.75, 3.05) is 13.2 Å². The molecule has 0 aromatic heterocycles. The van der Waals surface area contributed by atoms with E-state index in [1.807, 2.05) is 13.8 Å². The quantitative estimate of drug-likeness (QED) is 0.472. The van der Waals surface area contributed by atoms with Gasteiger partial charge in [0.25, 0.3) is 5.28 Å². The maximum atomic E-state index is 12.7. The van der Waals surface area contributed by atoms with E-state index in [2.05, 4.69) is 0 Å². The third-order valence-electron chi connectivity index (χ3n) is 3.55. The highest BCUT2D eigenvalue weighted by Gasteiger charge is 2.62. The van der Waals surface area contributed by atoms with Crippen LogP contribution in [0.5, 0.6) is 0 Å². The first-order valence-electron chi connectivity index (χ1n) is 6.03. The van der Waals surface area contributed by atoms with Crippen LogP contribution < -0.4 is 0 Å². The lowest BCUT2D eigenvalue weighted by Crippen LogP contribution is -2.40. The molecule has 2 rings (SSSR count). The van der Waals surface area contributed by atoms with Gasteiger partial charge in [-0.3, -0.25) is 9.36 Å². The van der Waals surface area contributed by atoms with Crippen LogP contribution in [0.25, 0.3) is 0 Å². The standard InChI is InChI=1S/C11H18NO6P/c1-10(2)6-17-19(16,18-7-10)11(3)4-8(9(13)14)5-12(11)15/h5,8H,4,6-7H2,1-3H3,(H,13,14). The number of carboxylic acids is 1. The minimum atomic E-state index is -3.67. The molecular weight excluding hydrogens is 273 g/mol. The minimum Gasteiger partial charge on any atom is -0.623 e. The molecule has 0 radical (unpaired) electrons. The Hall–Kier alpha value is -0.910. The molecule has 108 valence electrons. The summed E-state index contributed by atoms with van der Waals surface area (Å²) >= 11 is 0. The number of hydroxylamine groups is 1.